The zero-order valence-corrected chi connectivity index (χ0v) is 8.92. The molecular formula is C11H23NO. The van der Waals surface area contributed by atoms with Crippen LogP contribution in [0.1, 0.15) is 46.0 Å². The molecule has 1 aliphatic carbocycles. The summed E-state index contributed by atoms with van der Waals surface area (Å²) in [4.78, 5) is 0. The van der Waals surface area contributed by atoms with E-state index >= 15 is 0 Å². The second-order valence-electron chi connectivity index (χ2n) is 4.54. The number of hydrogen-bond donors (Lipinski definition) is 2. The first kappa shape index (κ1) is 11.0. The third-order valence-electron chi connectivity index (χ3n) is 3.00. The van der Waals surface area contributed by atoms with Gasteiger partial charge in [-0.15, -0.1) is 0 Å². The van der Waals surface area contributed by atoms with Crippen LogP contribution < -0.4 is 5.32 Å². The van der Waals surface area contributed by atoms with Gasteiger partial charge in [-0.25, -0.2) is 0 Å². The molecule has 1 rings (SSSR count). The average Bonchev–Trinajstić information content (AvgIpc) is 2.56. The van der Waals surface area contributed by atoms with Crippen molar-refractivity contribution in [3.8, 4) is 0 Å². The maximum absolute atomic E-state index is 8.88. The first-order valence-electron chi connectivity index (χ1n) is 5.59. The molecule has 0 spiro atoms. The zero-order valence-electron chi connectivity index (χ0n) is 8.92. The quantitative estimate of drug-likeness (QED) is 0.686. The van der Waals surface area contributed by atoms with Gasteiger partial charge in [0.05, 0.1) is 6.61 Å². The van der Waals surface area contributed by atoms with Gasteiger partial charge in [0, 0.05) is 12.1 Å². The Balaban J connectivity index is 2.12. The Morgan fingerprint density at radius 2 is 1.85 bits per heavy atom. The van der Waals surface area contributed by atoms with Gasteiger partial charge in [-0.3, -0.25) is 0 Å². The third kappa shape index (κ3) is 4.10. The highest BCUT2D eigenvalue weighted by Gasteiger charge is 2.18. The molecule has 2 heteroatoms. The van der Waals surface area contributed by atoms with Crippen molar-refractivity contribution < 1.29 is 5.11 Å². The highest BCUT2D eigenvalue weighted by atomic mass is 16.3. The van der Waals surface area contributed by atoms with E-state index in [0.717, 1.165) is 5.92 Å². The minimum absolute atomic E-state index is 0.245. The molecule has 0 aromatic carbocycles. The summed E-state index contributed by atoms with van der Waals surface area (Å²) >= 11 is 0. The molecule has 0 saturated heterocycles. The van der Waals surface area contributed by atoms with Gasteiger partial charge in [-0.05, 0) is 26.2 Å². The molecule has 1 aliphatic rings. The Hall–Kier alpha value is -0.0800. The smallest absolute Gasteiger partial charge is 0.0582 e. The molecule has 1 saturated carbocycles. The van der Waals surface area contributed by atoms with Crippen LogP contribution in [0.15, 0.2) is 0 Å². The summed E-state index contributed by atoms with van der Waals surface area (Å²) in [5, 5.41) is 12.3. The van der Waals surface area contributed by atoms with E-state index in [1.807, 2.05) is 6.92 Å². The lowest BCUT2D eigenvalue weighted by Gasteiger charge is -2.21. The lowest BCUT2D eigenvalue weighted by molar-refractivity contribution is 0.236. The van der Waals surface area contributed by atoms with Crippen LogP contribution >= 0.6 is 0 Å². The number of aliphatic hydroxyl groups excluding tert-OH is 1. The largest absolute Gasteiger partial charge is 0.395 e. The Kier molecular flexibility index (Phi) is 4.74. The van der Waals surface area contributed by atoms with Gasteiger partial charge in [-0.2, -0.15) is 0 Å². The maximum Gasteiger partial charge on any atom is 0.0582 e. The van der Waals surface area contributed by atoms with Crippen LogP contribution in [0.5, 0.6) is 0 Å². The third-order valence-corrected chi connectivity index (χ3v) is 3.00. The fourth-order valence-corrected chi connectivity index (χ4v) is 2.35. The number of nitrogens with one attached hydrogen (secondary N) is 1. The second-order valence-corrected chi connectivity index (χ2v) is 4.54. The van der Waals surface area contributed by atoms with E-state index in [9.17, 15) is 0 Å². The van der Waals surface area contributed by atoms with E-state index in [0.29, 0.717) is 6.04 Å². The van der Waals surface area contributed by atoms with Gasteiger partial charge in [-0.1, -0.05) is 25.7 Å². The Bertz CT molecular complexity index is 132. The summed E-state index contributed by atoms with van der Waals surface area (Å²) in [5.74, 6) is 0.938. The van der Waals surface area contributed by atoms with Crippen molar-refractivity contribution in [3.63, 3.8) is 0 Å². The lowest BCUT2D eigenvalue weighted by atomic mass is 9.99. The predicted molar refractivity (Wildman–Crippen MR) is 55.7 cm³/mol. The van der Waals surface area contributed by atoms with Gasteiger partial charge in [0.2, 0.25) is 0 Å². The molecule has 1 fully saturated rings. The first-order chi connectivity index (χ1) is 6.22. The van der Waals surface area contributed by atoms with E-state index in [4.69, 9.17) is 5.11 Å². The number of aliphatic hydroxyl groups is 1. The van der Waals surface area contributed by atoms with Crippen molar-refractivity contribution >= 4 is 0 Å². The van der Waals surface area contributed by atoms with Crippen LogP contribution in [0.2, 0.25) is 0 Å². The molecule has 0 bridgehead atoms. The molecule has 2 atom stereocenters. The number of rotatable bonds is 5. The normalized spacial score (nSPS) is 23.3. The van der Waals surface area contributed by atoms with Crippen molar-refractivity contribution in [3.05, 3.63) is 0 Å². The van der Waals surface area contributed by atoms with Crippen molar-refractivity contribution in [2.45, 2.75) is 58.0 Å². The predicted octanol–water partition coefficient (Wildman–Crippen LogP) is 1.93. The maximum atomic E-state index is 8.88. The van der Waals surface area contributed by atoms with Gasteiger partial charge >= 0.3 is 0 Å². The van der Waals surface area contributed by atoms with E-state index < -0.39 is 0 Å². The highest BCUT2D eigenvalue weighted by Crippen LogP contribution is 2.28. The summed E-state index contributed by atoms with van der Waals surface area (Å²) in [5.41, 5.74) is 0. The summed E-state index contributed by atoms with van der Waals surface area (Å²) in [6.07, 6.45) is 6.96. The molecule has 1 unspecified atom stereocenters. The summed E-state index contributed by atoms with van der Waals surface area (Å²) < 4.78 is 0. The van der Waals surface area contributed by atoms with Crippen molar-refractivity contribution in [1.82, 2.24) is 5.32 Å². The summed E-state index contributed by atoms with van der Waals surface area (Å²) in [7, 11) is 0. The lowest BCUT2D eigenvalue weighted by Crippen LogP contribution is -2.37. The van der Waals surface area contributed by atoms with Gasteiger partial charge < -0.3 is 10.4 Å². The Morgan fingerprint density at radius 1 is 1.23 bits per heavy atom. The molecule has 2 N–H and O–H groups in total. The van der Waals surface area contributed by atoms with Crippen LogP contribution in [0.3, 0.4) is 0 Å². The Morgan fingerprint density at radius 3 is 2.38 bits per heavy atom. The zero-order chi connectivity index (χ0) is 9.68. The molecule has 0 heterocycles. The molecule has 0 aliphatic heterocycles. The standard InChI is InChI=1S/C11H23NO/c1-9(12-10(2)8-13)7-11-5-3-4-6-11/h9-13H,3-8H2,1-2H3/t9?,10-/m0/s1. The minimum Gasteiger partial charge on any atom is -0.395 e. The van der Waals surface area contributed by atoms with Crippen LogP contribution in [-0.4, -0.2) is 23.8 Å². The first-order valence-corrected chi connectivity index (χ1v) is 5.59. The monoisotopic (exact) mass is 185 g/mol. The van der Waals surface area contributed by atoms with Crippen LogP contribution in [0.25, 0.3) is 0 Å². The van der Waals surface area contributed by atoms with Gasteiger partial charge in [0.25, 0.3) is 0 Å². The fraction of sp³-hybridized carbons (Fsp3) is 1.00. The summed E-state index contributed by atoms with van der Waals surface area (Å²) in [6.45, 7) is 4.50. The summed E-state index contributed by atoms with van der Waals surface area (Å²) in [6, 6.07) is 0.807. The highest BCUT2D eigenvalue weighted by molar-refractivity contribution is 4.74. The van der Waals surface area contributed by atoms with Crippen LogP contribution in [0, 0.1) is 5.92 Å². The fourth-order valence-electron chi connectivity index (χ4n) is 2.35. The molecule has 0 aromatic rings. The molecule has 78 valence electrons. The average molecular weight is 185 g/mol. The van der Waals surface area contributed by atoms with E-state index in [1.165, 1.54) is 32.1 Å². The van der Waals surface area contributed by atoms with Crippen molar-refractivity contribution in [2.75, 3.05) is 6.61 Å². The molecule has 0 aromatic heterocycles. The van der Waals surface area contributed by atoms with E-state index in [2.05, 4.69) is 12.2 Å². The van der Waals surface area contributed by atoms with E-state index in [1.54, 1.807) is 0 Å². The van der Waals surface area contributed by atoms with Crippen LogP contribution in [0.4, 0.5) is 0 Å². The SMILES string of the molecule is CC(CC1CCCC1)N[C@@H](C)CO. The molecule has 0 amide bonds. The Labute approximate surface area is 81.7 Å². The van der Waals surface area contributed by atoms with E-state index in [-0.39, 0.29) is 12.6 Å². The molecule has 2 nitrogen and oxygen atoms in total. The van der Waals surface area contributed by atoms with Crippen molar-refractivity contribution in [1.29, 1.82) is 0 Å². The molecule has 13 heavy (non-hydrogen) atoms. The van der Waals surface area contributed by atoms with Gasteiger partial charge in [0.1, 0.15) is 0 Å². The number of hydrogen-bond acceptors (Lipinski definition) is 2. The minimum atomic E-state index is 0.245. The molecule has 0 radical (unpaired) electrons. The van der Waals surface area contributed by atoms with Crippen LogP contribution in [-0.2, 0) is 0 Å². The van der Waals surface area contributed by atoms with Crippen molar-refractivity contribution in [2.24, 2.45) is 5.92 Å². The molecular weight excluding hydrogens is 162 g/mol. The second kappa shape index (κ2) is 5.61. The topological polar surface area (TPSA) is 32.3 Å². The van der Waals surface area contributed by atoms with Gasteiger partial charge in [0.15, 0.2) is 0 Å².